The number of hydrogen-bond donors (Lipinski definition) is 1. The fourth-order valence-electron chi connectivity index (χ4n) is 2.85. The molecule has 5 heteroatoms. The van der Waals surface area contributed by atoms with E-state index in [-0.39, 0.29) is 5.91 Å². The van der Waals surface area contributed by atoms with Crippen LogP contribution in [0.25, 0.3) is 0 Å². The Hall–Kier alpha value is -2.27. The Kier molecular flexibility index (Phi) is 5.43. The smallest absolute Gasteiger partial charge is 0.339 e. The second-order valence-electron chi connectivity index (χ2n) is 6.25. The molecular weight excluding hydrogens is 334 g/mol. The zero-order valence-corrected chi connectivity index (χ0v) is 15.0. The summed E-state index contributed by atoms with van der Waals surface area (Å²) in [7, 11) is 0. The molecule has 3 rings (SSSR count). The van der Waals surface area contributed by atoms with Crippen molar-refractivity contribution in [3.63, 3.8) is 0 Å². The van der Waals surface area contributed by atoms with Crippen molar-refractivity contribution < 1.29 is 14.3 Å². The molecule has 0 saturated heterocycles. The van der Waals surface area contributed by atoms with Crippen LogP contribution in [-0.4, -0.2) is 29.8 Å². The molecule has 1 amide bonds. The number of fused-ring (bicyclic) bond motifs is 1. The third kappa shape index (κ3) is 4.23. The summed E-state index contributed by atoms with van der Waals surface area (Å²) < 4.78 is 5.43. The van der Waals surface area contributed by atoms with E-state index in [1.165, 1.54) is 5.56 Å². The molecule has 0 fully saturated rings. The monoisotopic (exact) mass is 355 g/mol. The van der Waals surface area contributed by atoms with Crippen LogP contribution in [0.4, 0.5) is 0 Å². The Morgan fingerprint density at radius 3 is 2.68 bits per heavy atom. The summed E-state index contributed by atoms with van der Waals surface area (Å²) in [6.45, 7) is 2.22. The zero-order chi connectivity index (χ0) is 17.7. The molecule has 1 atom stereocenters. The Balaban J connectivity index is 1.49. The van der Waals surface area contributed by atoms with Crippen LogP contribution in [0.1, 0.15) is 28.4 Å². The summed E-state index contributed by atoms with van der Waals surface area (Å²) in [4.78, 5) is 24.6. The molecule has 25 heavy (non-hydrogen) atoms. The molecule has 130 valence electrons. The van der Waals surface area contributed by atoms with Gasteiger partial charge in [0.05, 0.1) is 5.56 Å². The summed E-state index contributed by atoms with van der Waals surface area (Å²) in [5.74, 6) is 1.05. The van der Waals surface area contributed by atoms with E-state index in [2.05, 4.69) is 17.4 Å². The van der Waals surface area contributed by atoms with E-state index < -0.39 is 11.6 Å². The summed E-state index contributed by atoms with van der Waals surface area (Å²) in [6, 6.07) is 17.5. The van der Waals surface area contributed by atoms with Crippen LogP contribution in [0, 0.1) is 0 Å². The lowest BCUT2D eigenvalue weighted by Crippen LogP contribution is -2.52. The summed E-state index contributed by atoms with van der Waals surface area (Å²) in [5, 5.41) is 2.89. The van der Waals surface area contributed by atoms with Crippen LogP contribution in [0.15, 0.2) is 54.6 Å². The lowest BCUT2D eigenvalue weighted by molar-refractivity contribution is -0.139. The molecule has 4 nitrogen and oxygen atoms in total. The molecule has 0 spiro atoms. The van der Waals surface area contributed by atoms with Crippen LogP contribution in [-0.2, 0) is 21.7 Å². The number of nitrogens with one attached hydrogen (secondary N) is 1. The predicted octanol–water partition coefficient (Wildman–Crippen LogP) is 3.21. The van der Waals surface area contributed by atoms with Crippen LogP contribution in [0.2, 0.25) is 0 Å². The Bertz CT molecular complexity index is 763. The van der Waals surface area contributed by atoms with Crippen LogP contribution >= 0.6 is 11.8 Å². The number of cyclic esters (lactones) is 1. The van der Waals surface area contributed by atoms with Crippen molar-refractivity contribution in [1.29, 1.82) is 0 Å². The number of benzene rings is 2. The minimum absolute atomic E-state index is 0.240. The first-order valence-corrected chi connectivity index (χ1v) is 9.45. The van der Waals surface area contributed by atoms with Crippen molar-refractivity contribution in [2.45, 2.75) is 24.7 Å². The molecule has 1 unspecified atom stereocenters. The molecular formula is C20H21NO3S. The molecule has 1 N–H and O–H groups in total. The highest BCUT2D eigenvalue weighted by molar-refractivity contribution is 7.98. The number of esters is 1. The van der Waals surface area contributed by atoms with Crippen molar-refractivity contribution in [1.82, 2.24) is 5.32 Å². The van der Waals surface area contributed by atoms with E-state index in [4.69, 9.17) is 4.74 Å². The standard InChI is InChI=1S/C20H21NO3S/c1-20(13-16-9-5-6-10-17(16)18(22)24-20)19(23)21-11-12-25-14-15-7-3-2-4-8-15/h2-10H,11-14H2,1H3,(H,21,23). The number of amides is 1. The normalized spacial score (nSPS) is 19.0. The molecule has 0 radical (unpaired) electrons. The Labute approximate surface area is 152 Å². The first kappa shape index (κ1) is 17.5. The Morgan fingerprint density at radius 2 is 1.88 bits per heavy atom. The van der Waals surface area contributed by atoms with Gasteiger partial charge in [0.2, 0.25) is 0 Å². The highest BCUT2D eigenvalue weighted by Gasteiger charge is 2.42. The number of carbonyl (C=O) groups is 2. The van der Waals surface area contributed by atoms with Gasteiger partial charge in [-0.15, -0.1) is 0 Å². The second-order valence-corrected chi connectivity index (χ2v) is 7.35. The number of rotatable bonds is 6. The van der Waals surface area contributed by atoms with Gasteiger partial charge in [-0.25, -0.2) is 4.79 Å². The maximum absolute atomic E-state index is 12.5. The largest absolute Gasteiger partial charge is 0.445 e. The van der Waals surface area contributed by atoms with Crippen molar-refractivity contribution in [3.8, 4) is 0 Å². The molecule has 2 aromatic carbocycles. The number of thioether (sulfide) groups is 1. The predicted molar refractivity (Wildman–Crippen MR) is 99.6 cm³/mol. The second kappa shape index (κ2) is 7.74. The molecule has 0 bridgehead atoms. The van der Waals surface area contributed by atoms with Crippen LogP contribution < -0.4 is 5.32 Å². The van der Waals surface area contributed by atoms with E-state index in [9.17, 15) is 9.59 Å². The van der Waals surface area contributed by atoms with Gasteiger partial charge in [0.25, 0.3) is 5.91 Å². The summed E-state index contributed by atoms with van der Waals surface area (Å²) >= 11 is 1.76. The molecule has 0 saturated carbocycles. The Morgan fingerprint density at radius 1 is 1.16 bits per heavy atom. The highest BCUT2D eigenvalue weighted by Crippen LogP contribution is 2.28. The summed E-state index contributed by atoms with van der Waals surface area (Å²) in [6.07, 6.45) is 0.401. The lowest BCUT2D eigenvalue weighted by Gasteiger charge is -2.33. The first-order valence-electron chi connectivity index (χ1n) is 8.30. The third-order valence-electron chi connectivity index (χ3n) is 4.21. The number of ether oxygens (including phenoxy) is 1. The van der Waals surface area contributed by atoms with E-state index in [0.717, 1.165) is 17.1 Å². The van der Waals surface area contributed by atoms with Gasteiger partial charge >= 0.3 is 5.97 Å². The van der Waals surface area contributed by atoms with E-state index in [0.29, 0.717) is 18.5 Å². The fourth-order valence-corrected chi connectivity index (χ4v) is 3.67. The molecule has 1 aliphatic heterocycles. The topological polar surface area (TPSA) is 55.4 Å². The molecule has 1 aliphatic rings. The average molecular weight is 355 g/mol. The maximum atomic E-state index is 12.5. The van der Waals surface area contributed by atoms with Gasteiger partial charge in [0, 0.05) is 24.5 Å². The van der Waals surface area contributed by atoms with Crippen molar-refractivity contribution >= 4 is 23.6 Å². The first-order chi connectivity index (χ1) is 12.1. The molecule has 0 aromatic heterocycles. The zero-order valence-electron chi connectivity index (χ0n) is 14.2. The molecule has 1 heterocycles. The van der Waals surface area contributed by atoms with Crippen molar-refractivity contribution in [2.24, 2.45) is 0 Å². The number of hydrogen-bond acceptors (Lipinski definition) is 4. The van der Waals surface area contributed by atoms with Crippen molar-refractivity contribution in [3.05, 3.63) is 71.3 Å². The van der Waals surface area contributed by atoms with E-state index in [1.807, 2.05) is 30.3 Å². The van der Waals surface area contributed by atoms with Crippen LogP contribution in [0.3, 0.4) is 0 Å². The van der Waals surface area contributed by atoms with Crippen molar-refractivity contribution in [2.75, 3.05) is 12.3 Å². The number of carbonyl (C=O) groups excluding carboxylic acids is 2. The van der Waals surface area contributed by atoms with Gasteiger partial charge in [-0.2, -0.15) is 11.8 Å². The quantitative estimate of drug-likeness (QED) is 0.639. The molecule has 2 aromatic rings. The SMILES string of the molecule is CC1(C(=O)NCCSCc2ccccc2)Cc2ccccc2C(=O)O1. The minimum Gasteiger partial charge on any atom is -0.445 e. The lowest BCUT2D eigenvalue weighted by atomic mass is 9.89. The van der Waals surface area contributed by atoms with Gasteiger partial charge in [0.1, 0.15) is 0 Å². The van der Waals surface area contributed by atoms with Gasteiger partial charge in [-0.3, -0.25) is 4.79 Å². The van der Waals surface area contributed by atoms with Crippen LogP contribution in [0.5, 0.6) is 0 Å². The third-order valence-corrected chi connectivity index (χ3v) is 5.24. The molecule has 0 aliphatic carbocycles. The van der Waals surface area contributed by atoms with Gasteiger partial charge in [-0.1, -0.05) is 48.5 Å². The van der Waals surface area contributed by atoms with E-state index in [1.54, 1.807) is 30.8 Å². The maximum Gasteiger partial charge on any atom is 0.339 e. The van der Waals surface area contributed by atoms with Gasteiger partial charge < -0.3 is 10.1 Å². The minimum atomic E-state index is -1.14. The van der Waals surface area contributed by atoms with Gasteiger partial charge in [-0.05, 0) is 24.1 Å². The average Bonchev–Trinajstić information content (AvgIpc) is 2.62. The fraction of sp³-hybridized carbons (Fsp3) is 0.300. The van der Waals surface area contributed by atoms with E-state index >= 15 is 0 Å². The van der Waals surface area contributed by atoms with Gasteiger partial charge in [0.15, 0.2) is 5.60 Å². The summed E-state index contributed by atoms with van der Waals surface area (Å²) in [5.41, 5.74) is 1.53. The highest BCUT2D eigenvalue weighted by atomic mass is 32.2.